The summed E-state index contributed by atoms with van der Waals surface area (Å²) in [6, 6.07) is 17.6. The average Bonchev–Trinajstić information content (AvgIpc) is 2.55. The molecule has 2 aromatic carbocycles. The first-order chi connectivity index (χ1) is 10.7. The number of benzene rings is 2. The van der Waals surface area contributed by atoms with Crippen LogP contribution >= 0.6 is 22.6 Å². The van der Waals surface area contributed by atoms with E-state index in [4.69, 9.17) is 4.74 Å². The van der Waals surface area contributed by atoms with Crippen LogP contribution in [0.1, 0.15) is 5.56 Å². The lowest BCUT2D eigenvalue weighted by Crippen LogP contribution is -2.25. The predicted octanol–water partition coefficient (Wildman–Crippen LogP) is 3.47. The maximum atomic E-state index is 12.0. The van der Waals surface area contributed by atoms with Crippen LogP contribution in [0.25, 0.3) is 0 Å². The monoisotopic (exact) mass is 405 g/mol. The topological polar surface area (TPSA) is 29.5 Å². The highest BCUT2D eigenvalue weighted by atomic mass is 127. The Labute approximate surface area is 144 Å². The van der Waals surface area contributed by atoms with Crippen LogP contribution in [-0.4, -0.2) is 19.6 Å². The zero-order chi connectivity index (χ0) is 15.8. The van der Waals surface area contributed by atoms with Crippen molar-refractivity contribution in [3.8, 4) is 11.8 Å². The molecule has 3 nitrogen and oxygen atoms in total. The molecule has 0 atom stereocenters. The van der Waals surface area contributed by atoms with Gasteiger partial charge in [0.05, 0.1) is 12.3 Å². The van der Waals surface area contributed by atoms with Gasteiger partial charge in [-0.05, 0) is 46.2 Å². The Hall–Kier alpha value is -1.84. The largest absolute Gasteiger partial charge is 0.364 e. The van der Waals surface area contributed by atoms with Crippen LogP contribution in [-0.2, 0) is 16.1 Å². The summed E-state index contributed by atoms with van der Waals surface area (Å²) >= 11 is 2.20. The molecule has 2 aromatic rings. The van der Waals surface area contributed by atoms with Gasteiger partial charge in [0, 0.05) is 10.6 Å². The molecule has 1 amide bonds. The Bertz CT molecular complexity index is 689. The number of amides is 1. The van der Waals surface area contributed by atoms with Crippen LogP contribution in [0.2, 0.25) is 0 Å². The number of hydrogen-bond acceptors (Lipinski definition) is 2. The SMILES string of the molecule is CN(C(=O)C#CCOCc1ccccc1)c1ccccc1I. The van der Waals surface area contributed by atoms with Gasteiger partial charge in [-0.3, -0.25) is 4.79 Å². The van der Waals surface area contributed by atoms with Crippen LogP contribution in [0.4, 0.5) is 5.69 Å². The summed E-state index contributed by atoms with van der Waals surface area (Å²) in [5.41, 5.74) is 1.94. The Balaban J connectivity index is 1.84. The first kappa shape index (κ1) is 16.5. The van der Waals surface area contributed by atoms with Crippen molar-refractivity contribution in [2.24, 2.45) is 0 Å². The van der Waals surface area contributed by atoms with Crippen LogP contribution < -0.4 is 4.90 Å². The van der Waals surface area contributed by atoms with Gasteiger partial charge in [-0.1, -0.05) is 48.4 Å². The minimum absolute atomic E-state index is 0.236. The first-order valence-corrected chi connectivity index (χ1v) is 7.89. The van der Waals surface area contributed by atoms with Crippen LogP contribution in [0.5, 0.6) is 0 Å². The quantitative estimate of drug-likeness (QED) is 0.443. The number of ether oxygens (including phenoxy) is 1. The number of para-hydroxylation sites is 1. The van der Waals surface area contributed by atoms with Gasteiger partial charge >= 0.3 is 5.91 Å². The number of carbonyl (C=O) groups excluding carboxylic acids is 1. The highest BCUT2D eigenvalue weighted by Gasteiger charge is 2.10. The Morgan fingerprint density at radius 2 is 1.82 bits per heavy atom. The number of rotatable bonds is 4. The minimum Gasteiger partial charge on any atom is -0.364 e. The lowest BCUT2D eigenvalue weighted by molar-refractivity contribution is -0.113. The molecule has 0 fully saturated rings. The maximum Gasteiger partial charge on any atom is 0.302 e. The molecule has 0 radical (unpaired) electrons. The first-order valence-electron chi connectivity index (χ1n) is 6.81. The van der Waals surface area contributed by atoms with E-state index in [1.54, 1.807) is 11.9 Å². The maximum absolute atomic E-state index is 12.0. The lowest BCUT2D eigenvalue weighted by atomic mass is 10.2. The molecule has 0 aliphatic carbocycles. The molecule has 0 aromatic heterocycles. The van der Waals surface area contributed by atoms with E-state index in [-0.39, 0.29) is 12.5 Å². The van der Waals surface area contributed by atoms with Crippen molar-refractivity contribution in [2.75, 3.05) is 18.6 Å². The standard InChI is InChI=1S/C18H16INO2/c1-20(17-11-6-5-10-16(17)19)18(21)12-7-13-22-14-15-8-3-2-4-9-15/h2-6,8-11H,13-14H2,1H3. The lowest BCUT2D eigenvalue weighted by Gasteiger charge is -2.15. The predicted molar refractivity (Wildman–Crippen MR) is 96.4 cm³/mol. The van der Waals surface area contributed by atoms with E-state index >= 15 is 0 Å². The Morgan fingerprint density at radius 3 is 2.55 bits per heavy atom. The van der Waals surface area contributed by atoms with E-state index in [1.807, 2.05) is 54.6 Å². The second kappa shape index (κ2) is 8.57. The molecule has 22 heavy (non-hydrogen) atoms. The number of carbonyl (C=O) groups is 1. The van der Waals surface area contributed by atoms with Gasteiger partial charge in [-0.15, -0.1) is 0 Å². The molecule has 0 aliphatic rings. The molecule has 2 rings (SSSR count). The van der Waals surface area contributed by atoms with Gasteiger partial charge in [0.25, 0.3) is 0 Å². The van der Waals surface area contributed by atoms with E-state index in [0.29, 0.717) is 6.61 Å². The molecule has 112 valence electrons. The van der Waals surface area contributed by atoms with Crippen molar-refractivity contribution in [3.05, 3.63) is 63.7 Å². The summed E-state index contributed by atoms with van der Waals surface area (Å²) in [6.07, 6.45) is 0. The number of hydrogen-bond donors (Lipinski definition) is 0. The fourth-order valence-electron chi connectivity index (χ4n) is 1.82. The number of anilines is 1. The molecule has 0 saturated carbocycles. The normalized spacial score (nSPS) is 9.73. The second-order valence-electron chi connectivity index (χ2n) is 4.60. The van der Waals surface area contributed by atoms with Crippen molar-refractivity contribution in [3.63, 3.8) is 0 Å². The smallest absolute Gasteiger partial charge is 0.302 e. The minimum atomic E-state index is -0.243. The summed E-state index contributed by atoms with van der Waals surface area (Å²) in [4.78, 5) is 13.6. The van der Waals surface area contributed by atoms with Gasteiger partial charge in [-0.25, -0.2) is 0 Å². The molecule has 0 bridgehead atoms. The van der Waals surface area contributed by atoms with Crippen LogP contribution in [0.3, 0.4) is 0 Å². The van der Waals surface area contributed by atoms with E-state index in [2.05, 4.69) is 34.4 Å². The van der Waals surface area contributed by atoms with E-state index in [1.165, 1.54) is 0 Å². The molecule has 0 heterocycles. The van der Waals surface area contributed by atoms with Gasteiger partial charge in [0.2, 0.25) is 0 Å². The molecular weight excluding hydrogens is 389 g/mol. The van der Waals surface area contributed by atoms with E-state index < -0.39 is 0 Å². The Morgan fingerprint density at radius 1 is 1.14 bits per heavy atom. The van der Waals surface area contributed by atoms with Crippen LogP contribution in [0, 0.1) is 15.4 Å². The van der Waals surface area contributed by atoms with Crippen molar-refractivity contribution in [1.82, 2.24) is 0 Å². The summed E-state index contributed by atoms with van der Waals surface area (Å²) in [5.74, 6) is 5.12. The van der Waals surface area contributed by atoms with E-state index in [9.17, 15) is 4.79 Å². The summed E-state index contributed by atoms with van der Waals surface area (Å²) in [5, 5.41) is 0. The molecule has 4 heteroatoms. The number of halogens is 1. The number of nitrogens with zero attached hydrogens (tertiary/aromatic N) is 1. The highest BCUT2D eigenvalue weighted by molar-refractivity contribution is 14.1. The molecular formula is C18H16INO2. The third-order valence-corrected chi connectivity index (χ3v) is 3.91. The van der Waals surface area contributed by atoms with Gasteiger partial charge in [-0.2, -0.15) is 0 Å². The fourth-order valence-corrected chi connectivity index (χ4v) is 2.57. The third kappa shape index (κ3) is 4.86. The highest BCUT2D eigenvalue weighted by Crippen LogP contribution is 2.20. The van der Waals surface area contributed by atoms with Crippen LogP contribution in [0.15, 0.2) is 54.6 Å². The summed E-state index contributed by atoms with van der Waals surface area (Å²) in [6.45, 7) is 0.733. The van der Waals surface area contributed by atoms with Gasteiger partial charge < -0.3 is 9.64 Å². The second-order valence-corrected chi connectivity index (χ2v) is 5.76. The fraction of sp³-hybridized carbons (Fsp3) is 0.167. The summed E-state index contributed by atoms with van der Waals surface area (Å²) in [7, 11) is 1.72. The molecule has 0 saturated heterocycles. The molecule has 0 spiro atoms. The van der Waals surface area contributed by atoms with Gasteiger partial charge in [0.15, 0.2) is 0 Å². The molecule has 0 aliphatic heterocycles. The zero-order valence-electron chi connectivity index (χ0n) is 12.3. The van der Waals surface area contributed by atoms with Crippen molar-refractivity contribution < 1.29 is 9.53 Å². The zero-order valence-corrected chi connectivity index (χ0v) is 14.4. The van der Waals surface area contributed by atoms with Crippen molar-refractivity contribution >= 4 is 34.2 Å². The average molecular weight is 405 g/mol. The molecule has 0 N–H and O–H groups in total. The third-order valence-electron chi connectivity index (χ3n) is 3.00. The molecule has 0 unspecified atom stereocenters. The Kier molecular flexibility index (Phi) is 6.44. The summed E-state index contributed by atoms with van der Waals surface area (Å²) < 4.78 is 6.45. The van der Waals surface area contributed by atoms with Crippen molar-refractivity contribution in [2.45, 2.75) is 6.61 Å². The van der Waals surface area contributed by atoms with E-state index in [0.717, 1.165) is 14.8 Å². The van der Waals surface area contributed by atoms with Gasteiger partial charge in [0.1, 0.15) is 6.61 Å². The van der Waals surface area contributed by atoms with Crippen molar-refractivity contribution in [1.29, 1.82) is 0 Å².